The molecule has 0 heterocycles. The Labute approximate surface area is 150 Å². The van der Waals surface area contributed by atoms with Crippen molar-refractivity contribution in [3.05, 3.63) is 24.9 Å². The van der Waals surface area contributed by atoms with Crippen LogP contribution in [-0.4, -0.2) is 6.04 Å². The molecule has 0 bridgehead atoms. The molecule has 1 saturated carbocycles. The Bertz CT molecular complexity index is 403. The fourth-order valence-electron chi connectivity index (χ4n) is 5.30. The largest absolute Gasteiger partial charge is 0.329 e. The maximum Gasteiger partial charge on any atom is 0.0265 e. The van der Waals surface area contributed by atoms with Crippen LogP contribution < -0.4 is 10.9 Å². The number of rotatable bonds is 10. The van der Waals surface area contributed by atoms with Gasteiger partial charge in [-0.25, -0.2) is 5.43 Å². The van der Waals surface area contributed by atoms with Gasteiger partial charge in [0.1, 0.15) is 0 Å². The van der Waals surface area contributed by atoms with Gasteiger partial charge in [0.2, 0.25) is 0 Å². The number of hydrogen-bond acceptors (Lipinski definition) is 2. The van der Waals surface area contributed by atoms with Gasteiger partial charge in [0, 0.05) is 12.2 Å². The van der Waals surface area contributed by atoms with Crippen LogP contribution in [0.5, 0.6) is 0 Å². The standard InChI is InChI=1S/C22H40N2/c1-6-8-11-16(3)19-12-9-10-13-21(19)22(18(5)24-23-7-2)20-15-14-17(20)4/h7,9-10,16-24H,2,6,8,11-15H2,1,3-5H3/t16?,17-,18-,19-,20-,21-,22-/m1/s1. The van der Waals surface area contributed by atoms with E-state index in [9.17, 15) is 0 Å². The van der Waals surface area contributed by atoms with Crippen molar-refractivity contribution in [2.45, 2.75) is 78.7 Å². The van der Waals surface area contributed by atoms with E-state index in [0.717, 1.165) is 35.5 Å². The van der Waals surface area contributed by atoms with E-state index in [1.54, 1.807) is 6.20 Å². The lowest BCUT2D eigenvalue weighted by Crippen LogP contribution is -2.51. The number of hydrazine groups is 1. The van der Waals surface area contributed by atoms with E-state index in [4.69, 9.17) is 0 Å². The Kier molecular flexibility index (Phi) is 7.87. The molecule has 0 aliphatic heterocycles. The van der Waals surface area contributed by atoms with Crippen LogP contribution in [0.4, 0.5) is 0 Å². The second kappa shape index (κ2) is 9.65. The zero-order valence-corrected chi connectivity index (χ0v) is 16.4. The third-order valence-corrected chi connectivity index (χ3v) is 6.94. The number of hydrogen-bond donors (Lipinski definition) is 2. The Hall–Kier alpha value is -0.760. The minimum Gasteiger partial charge on any atom is -0.329 e. The molecule has 2 aliphatic rings. The lowest BCUT2D eigenvalue weighted by atomic mass is 9.57. The Balaban J connectivity index is 2.14. The van der Waals surface area contributed by atoms with Gasteiger partial charge in [-0.2, -0.15) is 0 Å². The van der Waals surface area contributed by atoms with Crippen LogP contribution in [0.1, 0.15) is 72.6 Å². The highest BCUT2D eigenvalue weighted by Gasteiger charge is 2.44. The topological polar surface area (TPSA) is 24.1 Å². The molecule has 24 heavy (non-hydrogen) atoms. The van der Waals surface area contributed by atoms with Gasteiger partial charge >= 0.3 is 0 Å². The third kappa shape index (κ3) is 4.65. The van der Waals surface area contributed by atoms with Crippen molar-refractivity contribution in [1.29, 1.82) is 0 Å². The third-order valence-electron chi connectivity index (χ3n) is 6.94. The summed E-state index contributed by atoms with van der Waals surface area (Å²) in [7, 11) is 0. The molecule has 1 unspecified atom stereocenters. The summed E-state index contributed by atoms with van der Waals surface area (Å²) < 4.78 is 0. The Morgan fingerprint density at radius 1 is 1.12 bits per heavy atom. The molecule has 0 aromatic heterocycles. The summed E-state index contributed by atoms with van der Waals surface area (Å²) in [5.74, 6) is 5.06. The Morgan fingerprint density at radius 3 is 2.38 bits per heavy atom. The van der Waals surface area contributed by atoms with Crippen LogP contribution in [0, 0.1) is 35.5 Å². The molecule has 2 heteroatoms. The molecule has 2 aliphatic carbocycles. The van der Waals surface area contributed by atoms with Crippen LogP contribution in [0.25, 0.3) is 0 Å². The van der Waals surface area contributed by atoms with Gasteiger partial charge in [0.05, 0.1) is 0 Å². The van der Waals surface area contributed by atoms with Crippen molar-refractivity contribution in [3.63, 3.8) is 0 Å². The van der Waals surface area contributed by atoms with E-state index < -0.39 is 0 Å². The van der Waals surface area contributed by atoms with Crippen molar-refractivity contribution < 1.29 is 0 Å². The van der Waals surface area contributed by atoms with Gasteiger partial charge in [0.15, 0.2) is 0 Å². The van der Waals surface area contributed by atoms with E-state index >= 15 is 0 Å². The predicted octanol–water partition coefficient (Wildman–Crippen LogP) is 5.68. The summed E-state index contributed by atoms with van der Waals surface area (Å²) in [5, 5.41) is 0. The van der Waals surface area contributed by atoms with Crippen LogP contribution >= 0.6 is 0 Å². The SMILES string of the molecule is C=CNN[C@H](C)[C@H]([C@@H]1CC[C@H]1C)[C@@H]1CC=CC[C@@H]1C(C)CCCC. The average Bonchev–Trinajstić information content (AvgIpc) is 2.60. The van der Waals surface area contributed by atoms with Gasteiger partial charge in [-0.3, -0.25) is 0 Å². The molecule has 1 fully saturated rings. The van der Waals surface area contributed by atoms with E-state index in [1.165, 1.54) is 44.9 Å². The smallest absolute Gasteiger partial charge is 0.0265 e. The molecule has 7 atom stereocenters. The van der Waals surface area contributed by atoms with Gasteiger partial charge < -0.3 is 5.43 Å². The van der Waals surface area contributed by atoms with Crippen LogP contribution in [0.15, 0.2) is 24.9 Å². The molecule has 2 rings (SSSR count). The number of nitrogens with one attached hydrogen (secondary N) is 2. The van der Waals surface area contributed by atoms with Crippen LogP contribution in [0.3, 0.4) is 0 Å². The lowest BCUT2D eigenvalue weighted by Gasteiger charge is -2.50. The summed E-state index contributed by atoms with van der Waals surface area (Å²) in [5.41, 5.74) is 6.67. The maximum absolute atomic E-state index is 3.79. The predicted molar refractivity (Wildman–Crippen MR) is 105 cm³/mol. The van der Waals surface area contributed by atoms with E-state index in [2.05, 4.69) is 57.3 Å². The molecule has 0 radical (unpaired) electrons. The van der Waals surface area contributed by atoms with Crippen molar-refractivity contribution in [3.8, 4) is 0 Å². The minimum atomic E-state index is 0.494. The lowest BCUT2D eigenvalue weighted by molar-refractivity contribution is 0.0144. The average molecular weight is 333 g/mol. The highest BCUT2D eigenvalue weighted by molar-refractivity contribution is 5.02. The molecular formula is C22H40N2. The first-order valence-electron chi connectivity index (χ1n) is 10.4. The van der Waals surface area contributed by atoms with Gasteiger partial charge in [0.25, 0.3) is 0 Å². The number of unbranched alkanes of at least 4 members (excludes halogenated alkanes) is 1. The molecule has 0 saturated heterocycles. The quantitative estimate of drug-likeness (QED) is 0.397. The monoisotopic (exact) mass is 332 g/mol. The number of allylic oxidation sites excluding steroid dienone is 2. The molecule has 2 N–H and O–H groups in total. The summed E-state index contributed by atoms with van der Waals surface area (Å²) >= 11 is 0. The van der Waals surface area contributed by atoms with Crippen molar-refractivity contribution in [2.75, 3.05) is 0 Å². The van der Waals surface area contributed by atoms with Crippen molar-refractivity contribution in [2.24, 2.45) is 35.5 Å². The fraction of sp³-hybridized carbons (Fsp3) is 0.818. The summed E-state index contributed by atoms with van der Waals surface area (Å²) in [6, 6.07) is 0.494. The highest BCUT2D eigenvalue weighted by atomic mass is 15.4. The normalized spacial score (nSPS) is 33.3. The molecule has 2 nitrogen and oxygen atoms in total. The summed E-state index contributed by atoms with van der Waals surface area (Å²) in [6.07, 6.45) is 16.2. The molecule has 138 valence electrons. The van der Waals surface area contributed by atoms with E-state index in [1.807, 2.05) is 0 Å². The van der Waals surface area contributed by atoms with Crippen molar-refractivity contribution in [1.82, 2.24) is 10.9 Å². The van der Waals surface area contributed by atoms with E-state index in [-0.39, 0.29) is 0 Å². The van der Waals surface area contributed by atoms with Crippen molar-refractivity contribution >= 4 is 0 Å². The second-order valence-electron chi connectivity index (χ2n) is 8.47. The second-order valence-corrected chi connectivity index (χ2v) is 8.47. The first-order chi connectivity index (χ1) is 11.6. The first kappa shape index (κ1) is 19.6. The van der Waals surface area contributed by atoms with Gasteiger partial charge in [-0.15, -0.1) is 0 Å². The van der Waals surface area contributed by atoms with Crippen LogP contribution in [-0.2, 0) is 0 Å². The summed E-state index contributed by atoms with van der Waals surface area (Å²) in [6.45, 7) is 13.4. The maximum atomic E-state index is 3.79. The highest BCUT2D eigenvalue weighted by Crippen LogP contribution is 2.49. The zero-order chi connectivity index (χ0) is 17.5. The molecule has 0 aromatic carbocycles. The first-order valence-corrected chi connectivity index (χ1v) is 10.4. The van der Waals surface area contributed by atoms with E-state index in [0.29, 0.717) is 6.04 Å². The Morgan fingerprint density at radius 2 is 1.83 bits per heavy atom. The summed E-state index contributed by atoms with van der Waals surface area (Å²) in [4.78, 5) is 0. The van der Waals surface area contributed by atoms with Crippen LogP contribution in [0.2, 0.25) is 0 Å². The molecule has 0 amide bonds. The van der Waals surface area contributed by atoms with Gasteiger partial charge in [-0.05, 0) is 61.7 Å². The molecule has 0 spiro atoms. The van der Waals surface area contributed by atoms with Gasteiger partial charge in [-0.1, -0.05) is 65.2 Å². The molecular weight excluding hydrogens is 292 g/mol. The molecule has 0 aromatic rings. The minimum absolute atomic E-state index is 0.494. The fourth-order valence-corrected chi connectivity index (χ4v) is 5.30. The zero-order valence-electron chi connectivity index (χ0n) is 16.4.